The minimum atomic E-state index is -0.421. The molecule has 2 aromatic rings. The molecule has 0 spiro atoms. The number of carbonyl (C=O) groups is 1. The zero-order valence-corrected chi connectivity index (χ0v) is 14.2. The topological polar surface area (TPSA) is 71.5 Å². The van der Waals surface area contributed by atoms with Gasteiger partial charge >= 0.3 is 0 Å². The average molecular weight is 328 g/mol. The molecular weight excluding hydrogens is 304 g/mol. The molecule has 0 saturated heterocycles. The summed E-state index contributed by atoms with van der Waals surface area (Å²) >= 11 is 0. The van der Waals surface area contributed by atoms with Crippen molar-refractivity contribution in [2.75, 3.05) is 6.61 Å². The smallest absolute Gasteiger partial charge is 0.245 e. The molecule has 0 aliphatic carbocycles. The third-order valence-corrected chi connectivity index (χ3v) is 3.86. The molecule has 24 heavy (non-hydrogen) atoms. The summed E-state index contributed by atoms with van der Waals surface area (Å²) in [6.07, 6.45) is 5.22. The number of nitrogens with zero attached hydrogens (tertiary/aromatic N) is 1. The fraction of sp³-hybridized carbons (Fsp3) is 0.368. The molecule has 1 heterocycles. The van der Waals surface area contributed by atoms with Crippen molar-refractivity contribution in [2.24, 2.45) is 0 Å². The molecule has 5 heteroatoms. The fourth-order valence-electron chi connectivity index (χ4n) is 2.64. The van der Waals surface area contributed by atoms with Crippen molar-refractivity contribution in [1.82, 2.24) is 10.5 Å². The van der Waals surface area contributed by atoms with Gasteiger partial charge in [0.05, 0.1) is 12.5 Å². The van der Waals surface area contributed by atoms with Crippen LogP contribution < -0.4 is 5.48 Å². The third-order valence-electron chi connectivity index (χ3n) is 3.86. The van der Waals surface area contributed by atoms with E-state index in [1.807, 2.05) is 26.2 Å². The second-order valence-corrected chi connectivity index (χ2v) is 5.80. The van der Waals surface area contributed by atoms with E-state index in [0.717, 1.165) is 29.5 Å². The van der Waals surface area contributed by atoms with E-state index in [2.05, 4.69) is 35.3 Å². The van der Waals surface area contributed by atoms with Crippen molar-refractivity contribution < 1.29 is 14.7 Å². The van der Waals surface area contributed by atoms with Crippen molar-refractivity contribution in [3.8, 4) is 11.1 Å². The number of pyridine rings is 1. The molecule has 5 nitrogen and oxygen atoms in total. The molecule has 1 atom stereocenters. The highest BCUT2D eigenvalue weighted by atomic mass is 16.5. The molecule has 0 aliphatic rings. The van der Waals surface area contributed by atoms with Crippen LogP contribution in [-0.4, -0.2) is 28.8 Å². The first-order chi connectivity index (χ1) is 11.6. The molecule has 128 valence electrons. The van der Waals surface area contributed by atoms with Gasteiger partial charge in [0.25, 0.3) is 0 Å². The Kier molecular flexibility index (Phi) is 6.90. The van der Waals surface area contributed by atoms with Crippen LogP contribution in [0.4, 0.5) is 0 Å². The summed E-state index contributed by atoms with van der Waals surface area (Å²) in [5.74, 6) is -0.421. The van der Waals surface area contributed by atoms with Gasteiger partial charge in [-0.3, -0.25) is 15.0 Å². The Labute approximate surface area is 142 Å². The Morgan fingerprint density at radius 3 is 2.62 bits per heavy atom. The summed E-state index contributed by atoms with van der Waals surface area (Å²) in [6.45, 7) is 4.47. The maximum Gasteiger partial charge on any atom is 0.245 e. The number of amides is 1. The monoisotopic (exact) mass is 328 g/mol. The number of nitrogens with one attached hydrogen (secondary N) is 1. The molecular formula is C19H24N2O3. The first kappa shape index (κ1) is 18.1. The zero-order chi connectivity index (χ0) is 17.4. The maximum absolute atomic E-state index is 11.3. The molecule has 0 aliphatic heterocycles. The van der Waals surface area contributed by atoms with Gasteiger partial charge in [-0.25, -0.2) is 5.48 Å². The largest absolute Gasteiger partial charge is 0.378 e. The first-order valence-electron chi connectivity index (χ1n) is 8.18. The van der Waals surface area contributed by atoms with Gasteiger partial charge in [0.1, 0.15) is 0 Å². The molecule has 1 aromatic heterocycles. The lowest BCUT2D eigenvalue weighted by atomic mass is 10.0. The lowest BCUT2D eigenvalue weighted by molar-refractivity contribution is -0.132. The Hall–Kier alpha value is -2.24. The number of aromatic nitrogens is 1. The highest BCUT2D eigenvalue weighted by Crippen LogP contribution is 2.20. The van der Waals surface area contributed by atoms with Crippen LogP contribution in [0, 0.1) is 6.92 Å². The molecule has 0 saturated carbocycles. The van der Waals surface area contributed by atoms with Gasteiger partial charge < -0.3 is 4.74 Å². The molecule has 1 amide bonds. The van der Waals surface area contributed by atoms with Gasteiger partial charge in [-0.15, -0.1) is 0 Å². The third kappa shape index (κ3) is 5.44. The summed E-state index contributed by atoms with van der Waals surface area (Å²) < 4.78 is 5.56. The van der Waals surface area contributed by atoms with Crippen LogP contribution in [0.5, 0.6) is 0 Å². The molecule has 0 radical (unpaired) electrons. The predicted molar refractivity (Wildman–Crippen MR) is 92.7 cm³/mol. The molecule has 1 aromatic carbocycles. The number of hydrogen-bond acceptors (Lipinski definition) is 4. The molecule has 2 rings (SSSR count). The van der Waals surface area contributed by atoms with E-state index in [1.165, 1.54) is 5.56 Å². The van der Waals surface area contributed by atoms with Crippen LogP contribution in [0.2, 0.25) is 0 Å². The van der Waals surface area contributed by atoms with Crippen LogP contribution in [0.3, 0.4) is 0 Å². The number of carbonyl (C=O) groups excluding carboxylic acids is 1. The molecule has 0 bridgehead atoms. The second-order valence-electron chi connectivity index (χ2n) is 5.80. The Bertz CT molecular complexity index is 656. The van der Waals surface area contributed by atoms with Gasteiger partial charge in [-0.1, -0.05) is 24.3 Å². The molecule has 2 N–H and O–H groups in total. The zero-order valence-electron chi connectivity index (χ0n) is 14.2. The first-order valence-corrected chi connectivity index (χ1v) is 8.18. The normalized spacial score (nSPS) is 12.0. The van der Waals surface area contributed by atoms with Crippen molar-refractivity contribution in [2.45, 2.75) is 39.2 Å². The standard InChI is InChI=1S/C19H24N2O3/c1-3-24-18(11-19(22)21-23)9-6-15-4-7-16(8-5-15)17-10-14(2)12-20-13-17/h4-5,7-8,10,12-13,18,23H,3,6,9,11H2,1-2H3,(H,21,22). The second kappa shape index (κ2) is 9.15. The average Bonchev–Trinajstić information content (AvgIpc) is 2.60. The van der Waals surface area contributed by atoms with Crippen molar-refractivity contribution in [3.63, 3.8) is 0 Å². The lowest BCUT2D eigenvalue weighted by Gasteiger charge is -2.16. The maximum atomic E-state index is 11.3. The van der Waals surface area contributed by atoms with Crippen LogP contribution in [0.15, 0.2) is 42.7 Å². The van der Waals surface area contributed by atoms with Crippen LogP contribution in [0.1, 0.15) is 30.9 Å². The number of hydroxylamine groups is 1. The van der Waals surface area contributed by atoms with Gasteiger partial charge in [-0.2, -0.15) is 0 Å². The molecule has 0 fully saturated rings. The summed E-state index contributed by atoms with van der Waals surface area (Å²) in [4.78, 5) is 15.5. The van der Waals surface area contributed by atoms with E-state index in [9.17, 15) is 4.79 Å². The SMILES string of the molecule is CCOC(CCc1ccc(-c2cncc(C)c2)cc1)CC(=O)NO. The summed E-state index contributed by atoms with van der Waals surface area (Å²) in [5.41, 5.74) is 6.22. The Morgan fingerprint density at radius 1 is 1.25 bits per heavy atom. The minimum Gasteiger partial charge on any atom is -0.378 e. The number of hydrogen-bond donors (Lipinski definition) is 2. The highest BCUT2D eigenvalue weighted by Gasteiger charge is 2.13. The van der Waals surface area contributed by atoms with Crippen LogP contribution in [0.25, 0.3) is 11.1 Å². The summed E-state index contributed by atoms with van der Waals surface area (Å²) in [6, 6.07) is 10.5. The van der Waals surface area contributed by atoms with Crippen LogP contribution >= 0.6 is 0 Å². The van der Waals surface area contributed by atoms with Gasteiger partial charge in [0, 0.05) is 24.6 Å². The van der Waals surface area contributed by atoms with Crippen molar-refractivity contribution >= 4 is 5.91 Å². The summed E-state index contributed by atoms with van der Waals surface area (Å²) in [5, 5.41) is 8.64. The van der Waals surface area contributed by atoms with E-state index in [4.69, 9.17) is 9.94 Å². The Balaban J connectivity index is 1.96. The van der Waals surface area contributed by atoms with Crippen molar-refractivity contribution in [1.29, 1.82) is 0 Å². The number of benzene rings is 1. The fourth-order valence-corrected chi connectivity index (χ4v) is 2.64. The number of ether oxygens (including phenoxy) is 1. The number of aryl methyl sites for hydroxylation is 2. The van der Waals surface area contributed by atoms with E-state index < -0.39 is 5.91 Å². The highest BCUT2D eigenvalue weighted by molar-refractivity contribution is 5.75. The van der Waals surface area contributed by atoms with Crippen LogP contribution in [-0.2, 0) is 16.0 Å². The van der Waals surface area contributed by atoms with Crippen molar-refractivity contribution in [3.05, 3.63) is 53.9 Å². The van der Waals surface area contributed by atoms with E-state index in [-0.39, 0.29) is 12.5 Å². The Morgan fingerprint density at radius 2 is 2.00 bits per heavy atom. The minimum absolute atomic E-state index is 0.164. The predicted octanol–water partition coefficient (Wildman–Crippen LogP) is 3.29. The van der Waals surface area contributed by atoms with E-state index >= 15 is 0 Å². The van der Waals surface area contributed by atoms with E-state index in [1.54, 1.807) is 5.48 Å². The summed E-state index contributed by atoms with van der Waals surface area (Å²) in [7, 11) is 0. The lowest BCUT2D eigenvalue weighted by Crippen LogP contribution is -2.26. The number of rotatable bonds is 8. The van der Waals surface area contributed by atoms with E-state index in [0.29, 0.717) is 6.61 Å². The van der Waals surface area contributed by atoms with Gasteiger partial charge in [-0.05, 0) is 49.4 Å². The quantitative estimate of drug-likeness (QED) is 0.576. The van der Waals surface area contributed by atoms with Gasteiger partial charge in [0.15, 0.2) is 0 Å². The van der Waals surface area contributed by atoms with Gasteiger partial charge in [0.2, 0.25) is 5.91 Å². The molecule has 1 unspecified atom stereocenters.